The molecule has 16 heteroatoms. The van der Waals surface area contributed by atoms with Crippen LogP contribution in [0.1, 0.15) is 103 Å². The van der Waals surface area contributed by atoms with Crippen LogP contribution in [-0.2, 0) is 40.3 Å². The van der Waals surface area contributed by atoms with Crippen LogP contribution in [0.25, 0.3) is 10.9 Å². The number of carbonyl (C=O) groups excluding carboxylic acids is 4. The van der Waals surface area contributed by atoms with Crippen LogP contribution in [0.3, 0.4) is 0 Å². The van der Waals surface area contributed by atoms with E-state index in [1.54, 1.807) is 34.8 Å². The van der Waals surface area contributed by atoms with Crippen molar-refractivity contribution in [1.29, 1.82) is 0 Å². The molecule has 5 atom stereocenters. The first kappa shape index (κ1) is 41.7. The normalized spacial score (nSPS) is 28.7. The van der Waals surface area contributed by atoms with Crippen molar-refractivity contribution in [2.75, 3.05) is 26.9 Å². The summed E-state index contributed by atoms with van der Waals surface area (Å²) in [5.41, 5.74) is -0.949. The van der Waals surface area contributed by atoms with Gasteiger partial charge in [-0.15, -0.1) is 0 Å². The first-order chi connectivity index (χ1) is 27.4. The minimum absolute atomic E-state index is 0.0305. The van der Waals surface area contributed by atoms with Gasteiger partial charge in [0.05, 0.1) is 29.1 Å². The predicted molar refractivity (Wildman–Crippen MR) is 215 cm³/mol. The molecule has 2 aliphatic carbocycles. The van der Waals surface area contributed by atoms with Gasteiger partial charge >= 0.3 is 6.09 Å². The number of amides is 4. The molecule has 0 unspecified atom stereocenters. The summed E-state index contributed by atoms with van der Waals surface area (Å²) < 4.78 is 51.3. The SMILES string of the molecule is COCCOc1ccc2nc(C)c3c(c2c1)CC[C@]1(C[C@H]2C(=O)N[C@]4(C(=O)NS(=O)(=O)C5(C)CC5)C[C@H]4/C=C\CCCCC[C@H](NC(=O)OC(C)(C)C)C(=O)N2C1)O3. The van der Waals surface area contributed by atoms with E-state index in [1.165, 1.54) is 4.90 Å². The van der Waals surface area contributed by atoms with Crippen LogP contribution in [0, 0.1) is 12.8 Å². The fraction of sp³-hybridized carbons (Fsp3) is 0.643. The number of hydrogen-bond acceptors (Lipinski definition) is 11. The fourth-order valence-corrected chi connectivity index (χ4v) is 9.77. The highest BCUT2D eigenvalue weighted by Gasteiger charge is 2.64. The number of sulfonamides is 1. The number of alkyl carbamates (subject to hydrolysis) is 1. The van der Waals surface area contributed by atoms with E-state index >= 15 is 0 Å². The van der Waals surface area contributed by atoms with Gasteiger partial charge in [-0.05, 0) is 104 Å². The number of ether oxygens (including phenoxy) is 4. The summed E-state index contributed by atoms with van der Waals surface area (Å²) in [5.74, 6) is -1.04. The Labute approximate surface area is 340 Å². The van der Waals surface area contributed by atoms with E-state index in [0.717, 1.165) is 29.3 Å². The maximum atomic E-state index is 14.8. The number of fused-ring (bicyclic) bond motifs is 5. The molecule has 7 rings (SSSR count). The molecule has 58 heavy (non-hydrogen) atoms. The zero-order valence-corrected chi connectivity index (χ0v) is 35.2. The highest BCUT2D eigenvalue weighted by Crippen LogP contribution is 2.49. The first-order valence-corrected chi connectivity index (χ1v) is 22.0. The third-order valence-electron chi connectivity index (χ3n) is 12.2. The average Bonchev–Trinajstić information content (AvgIpc) is 4.04. The lowest BCUT2D eigenvalue weighted by Gasteiger charge is -2.36. The lowest BCUT2D eigenvalue weighted by atomic mass is 9.87. The quantitative estimate of drug-likeness (QED) is 0.251. The fourth-order valence-electron chi connectivity index (χ4n) is 8.45. The largest absolute Gasteiger partial charge is 0.491 e. The highest BCUT2D eigenvalue weighted by molar-refractivity contribution is 7.91. The molecule has 3 aliphatic heterocycles. The number of benzene rings is 1. The molecule has 2 saturated carbocycles. The van der Waals surface area contributed by atoms with Gasteiger partial charge in [0.15, 0.2) is 0 Å². The smallest absolute Gasteiger partial charge is 0.408 e. The van der Waals surface area contributed by atoms with Gasteiger partial charge in [0, 0.05) is 30.4 Å². The predicted octanol–water partition coefficient (Wildman–Crippen LogP) is 4.52. The lowest BCUT2D eigenvalue weighted by Crippen LogP contribution is -2.58. The van der Waals surface area contributed by atoms with E-state index in [2.05, 4.69) is 15.4 Å². The van der Waals surface area contributed by atoms with E-state index in [1.807, 2.05) is 37.3 Å². The number of aryl methyl sites for hydroxylation is 2. The molecule has 0 radical (unpaired) electrons. The maximum absolute atomic E-state index is 14.8. The van der Waals surface area contributed by atoms with Crippen LogP contribution < -0.4 is 24.8 Å². The van der Waals surface area contributed by atoms with Gasteiger partial charge in [0.2, 0.25) is 21.8 Å². The second-order valence-electron chi connectivity index (χ2n) is 17.9. The molecule has 2 aromatic rings. The highest BCUT2D eigenvalue weighted by atomic mass is 32.2. The van der Waals surface area contributed by atoms with E-state index in [0.29, 0.717) is 75.4 Å². The zero-order chi connectivity index (χ0) is 41.7. The Morgan fingerprint density at radius 1 is 1.09 bits per heavy atom. The molecule has 1 aromatic carbocycles. The Kier molecular flexibility index (Phi) is 11.2. The Morgan fingerprint density at radius 3 is 2.59 bits per heavy atom. The van der Waals surface area contributed by atoms with Gasteiger partial charge in [0.25, 0.3) is 5.91 Å². The van der Waals surface area contributed by atoms with Crippen molar-refractivity contribution in [3.8, 4) is 11.5 Å². The number of rotatable bonds is 8. The monoisotopic (exact) mass is 823 g/mol. The molecule has 4 amide bonds. The van der Waals surface area contributed by atoms with Gasteiger partial charge in [0.1, 0.15) is 46.9 Å². The van der Waals surface area contributed by atoms with Crippen molar-refractivity contribution >= 4 is 44.7 Å². The van der Waals surface area contributed by atoms with E-state index in [4.69, 9.17) is 23.9 Å². The summed E-state index contributed by atoms with van der Waals surface area (Å²) >= 11 is 0. The molecule has 1 spiro atoms. The van der Waals surface area contributed by atoms with Crippen LogP contribution in [-0.4, -0.2) is 103 Å². The number of pyridine rings is 1. The Hall–Kier alpha value is -4.44. The Morgan fingerprint density at radius 2 is 1.86 bits per heavy atom. The van der Waals surface area contributed by atoms with Crippen molar-refractivity contribution < 1.29 is 46.5 Å². The van der Waals surface area contributed by atoms with Crippen molar-refractivity contribution in [3.63, 3.8) is 0 Å². The Balaban J connectivity index is 1.22. The molecule has 0 bridgehead atoms. The van der Waals surface area contributed by atoms with Crippen molar-refractivity contribution in [2.45, 2.75) is 139 Å². The second kappa shape index (κ2) is 15.6. The third kappa shape index (κ3) is 8.50. The molecule has 1 saturated heterocycles. The number of aromatic nitrogens is 1. The Bertz CT molecular complexity index is 2110. The number of hydrogen-bond donors (Lipinski definition) is 3. The van der Waals surface area contributed by atoms with Crippen LogP contribution in [0.5, 0.6) is 11.5 Å². The number of allylic oxidation sites excluding steroid dienone is 1. The molecule has 316 valence electrons. The summed E-state index contributed by atoms with van der Waals surface area (Å²) in [6, 6.07) is 3.60. The van der Waals surface area contributed by atoms with E-state index in [9.17, 15) is 27.6 Å². The zero-order valence-electron chi connectivity index (χ0n) is 34.4. The standard InChI is InChI=1S/C42H57N5O10S/c1-26-34-29(30-22-28(55-21-20-54-6)14-15-31(30)43-26)16-17-41(56-34)24-33-35(48)45-42(37(50)46-58(52,53)40(5)18-19-40)23-27(42)12-10-8-7-9-11-13-32(36(49)47(33)25-41)44-38(51)57-39(2,3)4/h10,12,14-15,22,27,32-33H,7-9,11,13,16-21,23-25H2,1-6H3,(H,44,51)(H,45,48)(H,46,50)/b12-10-/t27-,32+,33+,41-,42-/m1/s1. The molecule has 3 N–H and O–H groups in total. The number of methoxy groups -OCH3 is 1. The number of nitrogens with one attached hydrogen (secondary N) is 3. The van der Waals surface area contributed by atoms with E-state index < -0.39 is 73.3 Å². The number of nitrogens with zero attached hydrogens (tertiary/aromatic N) is 2. The minimum atomic E-state index is -4.00. The van der Waals surface area contributed by atoms with Crippen molar-refractivity contribution in [1.82, 2.24) is 25.2 Å². The molecule has 1 aromatic heterocycles. The first-order valence-electron chi connectivity index (χ1n) is 20.5. The molecule has 3 fully saturated rings. The van der Waals surface area contributed by atoms with Crippen LogP contribution >= 0.6 is 0 Å². The second-order valence-corrected chi connectivity index (χ2v) is 20.1. The lowest BCUT2D eigenvalue weighted by molar-refractivity contribution is -0.141. The van der Waals surface area contributed by atoms with Crippen molar-refractivity contribution in [3.05, 3.63) is 41.6 Å². The molecule has 15 nitrogen and oxygen atoms in total. The molecular weight excluding hydrogens is 767 g/mol. The molecular formula is C42H57N5O10S. The van der Waals surface area contributed by atoms with Gasteiger partial charge in [-0.25, -0.2) is 18.2 Å². The maximum Gasteiger partial charge on any atom is 0.408 e. The summed E-state index contributed by atoms with van der Waals surface area (Å²) in [6.07, 6.45) is 8.49. The van der Waals surface area contributed by atoms with Gasteiger partial charge < -0.3 is 34.5 Å². The summed E-state index contributed by atoms with van der Waals surface area (Å²) in [6.45, 7) is 9.54. The minimum Gasteiger partial charge on any atom is -0.491 e. The van der Waals surface area contributed by atoms with Crippen molar-refractivity contribution in [2.24, 2.45) is 5.92 Å². The van der Waals surface area contributed by atoms with Crippen LogP contribution in [0.15, 0.2) is 30.4 Å². The summed E-state index contributed by atoms with van der Waals surface area (Å²) in [5, 5.41) is 6.62. The van der Waals surface area contributed by atoms with E-state index in [-0.39, 0.29) is 19.4 Å². The summed E-state index contributed by atoms with van der Waals surface area (Å²) in [4.78, 5) is 63.0. The summed E-state index contributed by atoms with van der Waals surface area (Å²) in [7, 11) is -2.39. The van der Waals surface area contributed by atoms with Gasteiger partial charge in [-0.3, -0.25) is 19.1 Å². The topological polar surface area (TPSA) is 192 Å². The number of carbonyl (C=O) groups is 4. The average molecular weight is 824 g/mol. The third-order valence-corrected chi connectivity index (χ3v) is 14.4. The van der Waals surface area contributed by atoms with Gasteiger partial charge in [-0.2, -0.15) is 0 Å². The molecule has 4 heterocycles. The van der Waals surface area contributed by atoms with Crippen LogP contribution in [0.4, 0.5) is 4.79 Å². The van der Waals surface area contributed by atoms with Gasteiger partial charge in [-0.1, -0.05) is 25.0 Å². The molecule has 5 aliphatic rings. The van der Waals surface area contributed by atoms with Crippen LogP contribution in [0.2, 0.25) is 0 Å².